The largest absolute Gasteiger partial charge is 0.396 e. The lowest BCUT2D eigenvalue weighted by atomic mass is 9.85. The predicted molar refractivity (Wildman–Crippen MR) is 73.8 cm³/mol. The van der Waals surface area contributed by atoms with E-state index in [9.17, 15) is 9.90 Å². The van der Waals surface area contributed by atoms with Gasteiger partial charge in [-0.05, 0) is 43.2 Å². The Morgan fingerprint density at radius 3 is 2.68 bits per heavy atom. The van der Waals surface area contributed by atoms with Crippen molar-refractivity contribution in [1.82, 2.24) is 5.32 Å². The highest BCUT2D eigenvalue weighted by molar-refractivity contribution is 5.89. The summed E-state index contributed by atoms with van der Waals surface area (Å²) in [5.41, 5.74) is 0.795. The number of para-hydroxylation sites is 1. The normalized spacial score (nSPS) is 32.3. The lowest BCUT2D eigenvalue weighted by molar-refractivity contribution is 0.146. The van der Waals surface area contributed by atoms with Crippen LogP contribution in [0.1, 0.15) is 19.3 Å². The van der Waals surface area contributed by atoms with Crippen molar-refractivity contribution in [3.63, 3.8) is 0 Å². The Hall–Kier alpha value is -1.55. The first-order valence-electron chi connectivity index (χ1n) is 7.01. The highest BCUT2D eigenvalue weighted by Crippen LogP contribution is 2.48. The van der Waals surface area contributed by atoms with Crippen LogP contribution in [0.15, 0.2) is 30.3 Å². The summed E-state index contributed by atoms with van der Waals surface area (Å²) in [6, 6.07) is 9.40. The first-order valence-corrected chi connectivity index (χ1v) is 7.01. The third kappa shape index (κ3) is 2.45. The molecule has 1 aromatic rings. The third-order valence-electron chi connectivity index (χ3n) is 4.63. The van der Waals surface area contributed by atoms with E-state index >= 15 is 0 Å². The molecule has 0 aliphatic heterocycles. The van der Waals surface area contributed by atoms with Gasteiger partial charge in [-0.3, -0.25) is 0 Å². The van der Waals surface area contributed by atoms with Crippen LogP contribution in [0.3, 0.4) is 0 Å². The van der Waals surface area contributed by atoms with Crippen molar-refractivity contribution in [1.29, 1.82) is 0 Å². The second-order valence-corrected chi connectivity index (χ2v) is 5.67. The molecule has 3 N–H and O–H groups in total. The number of anilines is 1. The van der Waals surface area contributed by atoms with Crippen LogP contribution in [-0.4, -0.2) is 23.8 Å². The van der Waals surface area contributed by atoms with Crippen molar-refractivity contribution >= 4 is 11.7 Å². The van der Waals surface area contributed by atoms with Gasteiger partial charge in [-0.2, -0.15) is 0 Å². The molecule has 2 aliphatic rings. The molecule has 3 rings (SSSR count). The van der Waals surface area contributed by atoms with Gasteiger partial charge in [0.1, 0.15) is 0 Å². The molecule has 4 nitrogen and oxygen atoms in total. The van der Waals surface area contributed by atoms with E-state index in [1.807, 2.05) is 30.3 Å². The number of benzene rings is 1. The van der Waals surface area contributed by atoms with Gasteiger partial charge in [-0.15, -0.1) is 0 Å². The number of fused-ring (bicyclic) bond motifs is 2. The van der Waals surface area contributed by atoms with Crippen molar-refractivity contribution in [2.75, 3.05) is 11.9 Å². The maximum Gasteiger partial charge on any atom is 0.319 e. The molecule has 1 aromatic carbocycles. The standard InChI is InChI=1S/C15H20N2O2/c18-9-13-10-6-7-11(8-10)14(13)17-15(19)16-12-4-2-1-3-5-12/h1-5,10-11,13-14,18H,6-9H2,(H2,16,17,19). The van der Waals surface area contributed by atoms with E-state index in [2.05, 4.69) is 10.6 Å². The molecule has 2 amide bonds. The molecule has 4 atom stereocenters. The van der Waals surface area contributed by atoms with Crippen LogP contribution in [0.5, 0.6) is 0 Å². The molecular weight excluding hydrogens is 240 g/mol. The monoisotopic (exact) mass is 260 g/mol. The molecular formula is C15H20N2O2. The number of urea groups is 1. The summed E-state index contributed by atoms with van der Waals surface area (Å²) in [6.07, 6.45) is 3.54. The van der Waals surface area contributed by atoms with Crippen LogP contribution >= 0.6 is 0 Å². The molecule has 2 bridgehead atoms. The van der Waals surface area contributed by atoms with Crippen LogP contribution < -0.4 is 10.6 Å². The molecule has 0 saturated heterocycles. The number of carbonyl (C=O) groups is 1. The molecule has 102 valence electrons. The SMILES string of the molecule is O=C(Nc1ccccc1)NC1C2CCC(C2)C1CO. The van der Waals surface area contributed by atoms with Gasteiger partial charge < -0.3 is 15.7 Å². The van der Waals surface area contributed by atoms with E-state index < -0.39 is 0 Å². The molecule has 2 saturated carbocycles. The molecule has 0 heterocycles. The smallest absolute Gasteiger partial charge is 0.319 e. The number of amides is 2. The third-order valence-corrected chi connectivity index (χ3v) is 4.63. The van der Waals surface area contributed by atoms with Gasteiger partial charge in [0.05, 0.1) is 0 Å². The number of aliphatic hydroxyl groups excluding tert-OH is 1. The van der Waals surface area contributed by atoms with Crippen molar-refractivity contribution in [2.24, 2.45) is 17.8 Å². The molecule has 2 fully saturated rings. The number of hydrogen-bond acceptors (Lipinski definition) is 2. The highest BCUT2D eigenvalue weighted by atomic mass is 16.3. The molecule has 4 unspecified atom stereocenters. The van der Waals surface area contributed by atoms with Crippen molar-refractivity contribution < 1.29 is 9.90 Å². The summed E-state index contributed by atoms with van der Waals surface area (Å²) in [6.45, 7) is 0.178. The predicted octanol–water partition coefficient (Wildman–Crippen LogP) is 2.22. The maximum atomic E-state index is 12.0. The summed E-state index contributed by atoms with van der Waals surface area (Å²) < 4.78 is 0. The average Bonchev–Trinajstić information content (AvgIpc) is 3.00. The summed E-state index contributed by atoms with van der Waals surface area (Å²) >= 11 is 0. The summed E-state index contributed by atoms with van der Waals surface area (Å²) in [5.74, 6) is 1.38. The van der Waals surface area contributed by atoms with E-state index in [0.717, 1.165) is 12.1 Å². The van der Waals surface area contributed by atoms with E-state index in [1.165, 1.54) is 12.8 Å². The Labute approximate surface area is 113 Å². The first kappa shape index (κ1) is 12.5. The Kier molecular flexibility index (Phi) is 3.42. The first-order chi connectivity index (χ1) is 9.28. The van der Waals surface area contributed by atoms with Crippen molar-refractivity contribution in [2.45, 2.75) is 25.3 Å². The minimum Gasteiger partial charge on any atom is -0.396 e. The molecule has 0 aromatic heterocycles. The minimum absolute atomic E-state index is 0.132. The van der Waals surface area contributed by atoms with E-state index in [-0.39, 0.29) is 24.6 Å². The van der Waals surface area contributed by atoms with Crippen LogP contribution in [-0.2, 0) is 0 Å². The van der Waals surface area contributed by atoms with Crippen LogP contribution in [0.25, 0.3) is 0 Å². The van der Waals surface area contributed by atoms with Crippen LogP contribution in [0, 0.1) is 17.8 Å². The fourth-order valence-electron chi connectivity index (χ4n) is 3.74. The molecule has 0 spiro atoms. The summed E-state index contributed by atoms with van der Waals surface area (Å²) in [7, 11) is 0. The number of rotatable bonds is 3. The Morgan fingerprint density at radius 2 is 1.95 bits per heavy atom. The van der Waals surface area contributed by atoms with Crippen LogP contribution in [0.2, 0.25) is 0 Å². The van der Waals surface area contributed by atoms with Gasteiger partial charge >= 0.3 is 6.03 Å². The average molecular weight is 260 g/mol. The number of nitrogens with one attached hydrogen (secondary N) is 2. The van der Waals surface area contributed by atoms with Gasteiger partial charge in [0.25, 0.3) is 0 Å². The number of hydrogen-bond donors (Lipinski definition) is 3. The molecule has 4 heteroatoms. The fraction of sp³-hybridized carbons (Fsp3) is 0.533. The Bertz CT molecular complexity index is 449. The molecule has 0 radical (unpaired) electrons. The second kappa shape index (κ2) is 5.21. The molecule has 19 heavy (non-hydrogen) atoms. The Balaban J connectivity index is 1.60. The minimum atomic E-state index is -0.165. The van der Waals surface area contributed by atoms with Gasteiger partial charge in [-0.25, -0.2) is 4.79 Å². The maximum absolute atomic E-state index is 12.0. The van der Waals surface area contributed by atoms with E-state index in [0.29, 0.717) is 11.8 Å². The molecule has 2 aliphatic carbocycles. The zero-order valence-corrected chi connectivity index (χ0v) is 10.9. The zero-order valence-electron chi connectivity index (χ0n) is 10.9. The highest BCUT2D eigenvalue weighted by Gasteiger charge is 2.47. The van der Waals surface area contributed by atoms with Gasteiger partial charge in [0.15, 0.2) is 0 Å². The zero-order chi connectivity index (χ0) is 13.2. The van der Waals surface area contributed by atoms with Gasteiger partial charge in [0.2, 0.25) is 0 Å². The second-order valence-electron chi connectivity index (χ2n) is 5.67. The summed E-state index contributed by atoms with van der Waals surface area (Å²) in [5, 5.41) is 15.4. The van der Waals surface area contributed by atoms with Crippen molar-refractivity contribution in [3.05, 3.63) is 30.3 Å². The number of carbonyl (C=O) groups excluding carboxylic acids is 1. The quantitative estimate of drug-likeness (QED) is 0.780. The topological polar surface area (TPSA) is 61.4 Å². The lowest BCUT2D eigenvalue weighted by Gasteiger charge is -2.30. The van der Waals surface area contributed by atoms with Gasteiger partial charge in [-0.1, -0.05) is 18.2 Å². The van der Waals surface area contributed by atoms with E-state index in [4.69, 9.17) is 0 Å². The van der Waals surface area contributed by atoms with Crippen LogP contribution in [0.4, 0.5) is 10.5 Å². The number of aliphatic hydroxyl groups is 1. The Morgan fingerprint density at radius 1 is 1.21 bits per heavy atom. The lowest BCUT2D eigenvalue weighted by Crippen LogP contribution is -2.46. The van der Waals surface area contributed by atoms with Gasteiger partial charge in [0, 0.05) is 24.3 Å². The van der Waals surface area contributed by atoms with Crippen molar-refractivity contribution in [3.8, 4) is 0 Å². The fourth-order valence-corrected chi connectivity index (χ4v) is 3.74. The van der Waals surface area contributed by atoms with E-state index in [1.54, 1.807) is 0 Å². The summed E-state index contributed by atoms with van der Waals surface area (Å²) in [4.78, 5) is 12.0.